The molecule has 1 aromatic carbocycles. The van der Waals surface area contributed by atoms with E-state index >= 15 is 0 Å². The van der Waals surface area contributed by atoms with Crippen molar-refractivity contribution in [3.63, 3.8) is 0 Å². The van der Waals surface area contributed by atoms with Crippen LogP contribution in [-0.2, 0) is 0 Å². The molecule has 0 aliphatic carbocycles. The van der Waals surface area contributed by atoms with Gasteiger partial charge in [-0.05, 0) is 36.6 Å². The van der Waals surface area contributed by atoms with E-state index in [0.717, 1.165) is 4.90 Å². The molecule has 0 bridgehead atoms. The van der Waals surface area contributed by atoms with E-state index in [1.54, 1.807) is 0 Å². The summed E-state index contributed by atoms with van der Waals surface area (Å²) in [5.74, 6) is 0. The monoisotopic (exact) mass is 384 g/mol. The molecule has 0 spiro atoms. The number of alkyl halides is 3. The Hall–Kier alpha value is -2.63. The molecule has 3 atom stereocenters. The van der Waals surface area contributed by atoms with Gasteiger partial charge in [-0.15, -0.1) is 0 Å². The molecule has 7 nitrogen and oxygen atoms in total. The number of hydrogen-bond acceptors (Lipinski definition) is 3. The Bertz CT molecular complexity index is 860. The Labute approximate surface area is 151 Å². The summed E-state index contributed by atoms with van der Waals surface area (Å²) in [6.07, 6.45) is -4.57. The van der Waals surface area contributed by atoms with Gasteiger partial charge in [0.05, 0.1) is 28.4 Å². The van der Waals surface area contributed by atoms with Crippen LogP contribution in [0.25, 0.3) is 10.4 Å². The van der Waals surface area contributed by atoms with Crippen molar-refractivity contribution in [3.05, 3.63) is 38.7 Å². The van der Waals surface area contributed by atoms with Crippen molar-refractivity contribution in [2.24, 2.45) is 5.11 Å². The molecular formula is C15H12ClF3N6O. The lowest BCUT2D eigenvalue weighted by atomic mass is 10.00. The van der Waals surface area contributed by atoms with Crippen LogP contribution in [-0.4, -0.2) is 41.8 Å². The van der Waals surface area contributed by atoms with Gasteiger partial charge in [-0.2, -0.15) is 18.4 Å². The first-order valence-corrected chi connectivity index (χ1v) is 8.00. The maximum Gasteiger partial charge on any atom is 0.411 e. The molecule has 2 amide bonds. The lowest BCUT2D eigenvalue weighted by molar-refractivity contribution is -0.152. The van der Waals surface area contributed by atoms with Gasteiger partial charge >= 0.3 is 12.2 Å². The third-order valence-corrected chi connectivity index (χ3v) is 5.23. The Morgan fingerprint density at radius 3 is 2.73 bits per heavy atom. The number of amides is 2. The molecule has 136 valence electrons. The van der Waals surface area contributed by atoms with Crippen LogP contribution in [0.3, 0.4) is 0 Å². The highest BCUT2D eigenvalue weighted by Crippen LogP contribution is 2.45. The molecule has 1 aromatic rings. The molecule has 2 aliphatic heterocycles. The molecule has 2 fully saturated rings. The van der Waals surface area contributed by atoms with E-state index in [4.69, 9.17) is 22.4 Å². The fourth-order valence-electron chi connectivity index (χ4n) is 3.62. The van der Waals surface area contributed by atoms with Crippen LogP contribution in [0.5, 0.6) is 0 Å². The largest absolute Gasteiger partial charge is 0.411 e. The average molecular weight is 385 g/mol. The standard InChI is InChI=1S/C15H12ClF3N6O/c1-7-10(3-2-8(6-20)11(7)16)25-13(15(17,18)19)12-9(22-23-21)4-5-24(12)14(25)26/h2-3,9,12-13H,4-5H2,1H3/t9-,12-,13-/m0/s1. The van der Waals surface area contributed by atoms with Crippen LogP contribution < -0.4 is 4.90 Å². The molecule has 0 saturated carbocycles. The first-order chi connectivity index (χ1) is 12.2. The predicted molar refractivity (Wildman–Crippen MR) is 86.7 cm³/mol. The number of urea groups is 1. The smallest absolute Gasteiger partial charge is 0.318 e. The number of carbonyl (C=O) groups excluding carboxylic acids is 1. The third-order valence-electron chi connectivity index (χ3n) is 4.75. The van der Waals surface area contributed by atoms with E-state index in [9.17, 15) is 18.0 Å². The lowest BCUT2D eigenvalue weighted by Crippen LogP contribution is -2.51. The van der Waals surface area contributed by atoms with Gasteiger partial charge in [-0.3, -0.25) is 4.90 Å². The maximum absolute atomic E-state index is 13.9. The third kappa shape index (κ3) is 2.60. The minimum atomic E-state index is -4.74. The van der Waals surface area contributed by atoms with E-state index in [1.807, 2.05) is 6.07 Å². The lowest BCUT2D eigenvalue weighted by Gasteiger charge is -2.30. The van der Waals surface area contributed by atoms with Gasteiger partial charge in [0, 0.05) is 11.5 Å². The summed E-state index contributed by atoms with van der Waals surface area (Å²) in [4.78, 5) is 17.1. The number of nitrogens with zero attached hydrogens (tertiary/aromatic N) is 6. The van der Waals surface area contributed by atoms with Crippen LogP contribution in [0.15, 0.2) is 17.2 Å². The molecule has 0 N–H and O–H groups in total. The number of rotatable bonds is 2. The summed E-state index contributed by atoms with van der Waals surface area (Å²) in [6, 6.07) is -0.852. The van der Waals surface area contributed by atoms with Gasteiger partial charge in [-0.25, -0.2) is 4.79 Å². The van der Waals surface area contributed by atoms with Gasteiger partial charge in [0.25, 0.3) is 0 Å². The summed E-state index contributed by atoms with van der Waals surface area (Å²) in [5.41, 5.74) is 8.93. The predicted octanol–water partition coefficient (Wildman–Crippen LogP) is 4.14. The quantitative estimate of drug-likeness (QED) is 0.435. The van der Waals surface area contributed by atoms with E-state index in [2.05, 4.69) is 10.0 Å². The molecule has 2 saturated heterocycles. The SMILES string of the molecule is Cc1c(N2C(=O)N3CC[C@H](N=[N+]=[N-])[C@H]3[C@H]2C(F)(F)F)ccc(C#N)c1Cl. The van der Waals surface area contributed by atoms with Crippen molar-refractivity contribution in [2.45, 2.75) is 37.6 Å². The number of nitriles is 1. The van der Waals surface area contributed by atoms with Gasteiger partial charge in [0.2, 0.25) is 0 Å². The molecule has 0 radical (unpaired) electrons. The fourth-order valence-corrected chi connectivity index (χ4v) is 3.82. The van der Waals surface area contributed by atoms with E-state index < -0.39 is 30.3 Å². The highest BCUT2D eigenvalue weighted by atomic mass is 35.5. The Kier molecular flexibility index (Phi) is 4.38. The molecule has 0 aromatic heterocycles. The molecule has 2 heterocycles. The van der Waals surface area contributed by atoms with Gasteiger partial charge in [0.15, 0.2) is 6.04 Å². The van der Waals surface area contributed by atoms with Crippen LogP contribution in [0.4, 0.5) is 23.7 Å². The van der Waals surface area contributed by atoms with Crippen LogP contribution >= 0.6 is 11.6 Å². The highest BCUT2D eigenvalue weighted by molar-refractivity contribution is 6.33. The van der Waals surface area contributed by atoms with Gasteiger partial charge in [-0.1, -0.05) is 16.7 Å². The first-order valence-electron chi connectivity index (χ1n) is 7.62. The van der Waals surface area contributed by atoms with Crippen molar-refractivity contribution in [1.29, 1.82) is 5.26 Å². The normalized spacial score (nSPS) is 25.1. The van der Waals surface area contributed by atoms with Crippen molar-refractivity contribution in [3.8, 4) is 6.07 Å². The molecule has 0 unspecified atom stereocenters. The number of fused-ring (bicyclic) bond motifs is 1. The van der Waals surface area contributed by atoms with Gasteiger partial charge < -0.3 is 4.90 Å². The molecule has 2 aliphatic rings. The summed E-state index contributed by atoms with van der Waals surface area (Å²) in [6.45, 7) is 1.52. The Balaban J connectivity index is 2.15. The van der Waals surface area contributed by atoms with Crippen molar-refractivity contribution in [1.82, 2.24) is 4.90 Å². The van der Waals surface area contributed by atoms with E-state index in [1.165, 1.54) is 19.1 Å². The second-order valence-corrected chi connectivity index (χ2v) is 6.44. The number of carbonyl (C=O) groups is 1. The average Bonchev–Trinajstić information content (AvgIpc) is 3.09. The first kappa shape index (κ1) is 18.2. The maximum atomic E-state index is 13.9. The summed E-state index contributed by atoms with van der Waals surface area (Å²) >= 11 is 6.06. The number of hydrogen-bond donors (Lipinski definition) is 0. The molecule has 3 rings (SSSR count). The zero-order valence-corrected chi connectivity index (χ0v) is 14.2. The number of azide groups is 1. The zero-order chi connectivity index (χ0) is 19.2. The van der Waals surface area contributed by atoms with Crippen LogP contribution in [0.1, 0.15) is 17.5 Å². The van der Waals surface area contributed by atoms with Crippen LogP contribution in [0.2, 0.25) is 5.02 Å². The van der Waals surface area contributed by atoms with Gasteiger partial charge in [0.1, 0.15) is 6.07 Å². The van der Waals surface area contributed by atoms with Crippen LogP contribution in [0, 0.1) is 18.3 Å². The van der Waals surface area contributed by atoms with E-state index in [-0.39, 0.29) is 34.8 Å². The zero-order valence-electron chi connectivity index (χ0n) is 13.4. The minimum absolute atomic E-state index is 0.00243. The highest BCUT2D eigenvalue weighted by Gasteiger charge is 2.62. The Morgan fingerprint density at radius 1 is 1.46 bits per heavy atom. The number of anilines is 1. The minimum Gasteiger partial charge on any atom is -0.318 e. The summed E-state index contributed by atoms with van der Waals surface area (Å²) in [7, 11) is 0. The summed E-state index contributed by atoms with van der Waals surface area (Å²) in [5, 5.41) is 12.5. The van der Waals surface area contributed by atoms with Crippen molar-refractivity contribution < 1.29 is 18.0 Å². The second kappa shape index (κ2) is 6.27. The molecule has 26 heavy (non-hydrogen) atoms. The van der Waals surface area contributed by atoms with Crippen molar-refractivity contribution in [2.75, 3.05) is 11.4 Å². The Morgan fingerprint density at radius 2 is 2.15 bits per heavy atom. The topological polar surface area (TPSA) is 96.1 Å². The van der Waals surface area contributed by atoms with Crippen molar-refractivity contribution >= 4 is 23.3 Å². The molecule has 11 heteroatoms. The second-order valence-electron chi connectivity index (χ2n) is 6.07. The number of halogens is 4. The summed E-state index contributed by atoms with van der Waals surface area (Å²) < 4.78 is 41.6. The fraction of sp³-hybridized carbons (Fsp3) is 0.467. The van der Waals surface area contributed by atoms with E-state index in [0.29, 0.717) is 4.90 Å². The molecular weight excluding hydrogens is 373 g/mol. The number of benzene rings is 1.